The summed E-state index contributed by atoms with van der Waals surface area (Å²) in [6, 6.07) is 3.65. The van der Waals surface area contributed by atoms with Gasteiger partial charge in [0.1, 0.15) is 0 Å². The molecule has 1 aromatic rings. The molecule has 3 nitrogen and oxygen atoms in total. The van der Waals surface area contributed by atoms with Crippen molar-refractivity contribution in [1.82, 2.24) is 10.2 Å². The lowest BCUT2D eigenvalue weighted by Crippen LogP contribution is -2.52. The highest BCUT2D eigenvalue weighted by molar-refractivity contribution is 5.85. The number of hydrogen-bond donors (Lipinski definition) is 1. The third-order valence-corrected chi connectivity index (χ3v) is 2.90. The molecular weight excluding hydrogens is 250 g/mol. The van der Waals surface area contributed by atoms with Gasteiger partial charge in [0.25, 0.3) is 0 Å². The van der Waals surface area contributed by atoms with Gasteiger partial charge in [-0.25, -0.2) is 8.78 Å². The Kier molecular flexibility index (Phi) is 5.00. The van der Waals surface area contributed by atoms with Crippen LogP contribution in [0, 0.1) is 11.6 Å². The minimum atomic E-state index is -0.899. The van der Waals surface area contributed by atoms with E-state index in [0.29, 0.717) is 12.1 Å². The Hall–Kier alpha value is -1.49. The number of likely N-dealkylation sites (N-methyl/N-ethyl adjacent to an activating group) is 2. The fourth-order valence-corrected chi connectivity index (χ4v) is 1.98. The maximum atomic E-state index is 13.1. The first kappa shape index (κ1) is 15.6. The number of hydrogen-bond acceptors (Lipinski definition) is 2. The molecule has 0 atom stereocenters. The molecule has 0 saturated carbocycles. The molecule has 0 saturated heterocycles. The van der Waals surface area contributed by atoms with Crippen molar-refractivity contribution in [3.05, 3.63) is 35.4 Å². The zero-order chi connectivity index (χ0) is 14.6. The van der Waals surface area contributed by atoms with E-state index in [0.717, 1.165) is 12.1 Å². The SMILES string of the molecule is CCNC(C)(C)C(=O)N(C)Cc1ccc(F)c(F)c1. The Bertz CT molecular complexity index is 461. The highest BCUT2D eigenvalue weighted by Gasteiger charge is 2.29. The van der Waals surface area contributed by atoms with Gasteiger partial charge in [0.15, 0.2) is 11.6 Å². The van der Waals surface area contributed by atoms with Gasteiger partial charge < -0.3 is 10.2 Å². The van der Waals surface area contributed by atoms with Gasteiger partial charge in [0.2, 0.25) is 5.91 Å². The topological polar surface area (TPSA) is 32.3 Å². The normalized spacial score (nSPS) is 11.5. The molecule has 0 fully saturated rings. The monoisotopic (exact) mass is 270 g/mol. The largest absolute Gasteiger partial charge is 0.340 e. The molecule has 106 valence electrons. The van der Waals surface area contributed by atoms with Crippen LogP contribution in [0.1, 0.15) is 26.3 Å². The number of amides is 1. The lowest BCUT2D eigenvalue weighted by Gasteiger charge is -2.30. The molecule has 0 aliphatic heterocycles. The van der Waals surface area contributed by atoms with Crippen molar-refractivity contribution < 1.29 is 13.6 Å². The summed E-state index contributed by atoms with van der Waals surface area (Å²) < 4.78 is 25.9. The van der Waals surface area contributed by atoms with E-state index < -0.39 is 17.2 Å². The molecule has 0 aromatic heterocycles. The van der Waals surface area contributed by atoms with Gasteiger partial charge in [-0.1, -0.05) is 13.0 Å². The standard InChI is InChI=1S/C14H20F2N2O/c1-5-17-14(2,3)13(19)18(4)9-10-6-7-11(15)12(16)8-10/h6-8,17H,5,9H2,1-4H3. The highest BCUT2D eigenvalue weighted by atomic mass is 19.2. The van der Waals surface area contributed by atoms with E-state index in [-0.39, 0.29) is 12.5 Å². The van der Waals surface area contributed by atoms with Crippen molar-refractivity contribution in [1.29, 1.82) is 0 Å². The molecular formula is C14H20F2N2O. The fraction of sp³-hybridized carbons (Fsp3) is 0.500. The van der Waals surface area contributed by atoms with Crippen LogP contribution < -0.4 is 5.32 Å². The number of carbonyl (C=O) groups excluding carboxylic acids is 1. The van der Waals surface area contributed by atoms with Crippen molar-refractivity contribution in [3.8, 4) is 0 Å². The molecule has 0 radical (unpaired) electrons. The first-order chi connectivity index (χ1) is 8.77. The van der Waals surface area contributed by atoms with Crippen LogP contribution in [0.25, 0.3) is 0 Å². The molecule has 0 unspecified atom stereocenters. The predicted octanol–water partition coefficient (Wildman–Crippen LogP) is 2.31. The Labute approximate surface area is 112 Å². The van der Waals surface area contributed by atoms with Crippen LogP contribution in [0.15, 0.2) is 18.2 Å². The number of rotatable bonds is 5. The molecule has 19 heavy (non-hydrogen) atoms. The van der Waals surface area contributed by atoms with Crippen molar-refractivity contribution in [3.63, 3.8) is 0 Å². The summed E-state index contributed by atoms with van der Waals surface area (Å²) in [4.78, 5) is 13.7. The summed E-state index contributed by atoms with van der Waals surface area (Å²) in [6.07, 6.45) is 0. The molecule has 0 bridgehead atoms. The number of halogens is 2. The number of carbonyl (C=O) groups is 1. The average molecular weight is 270 g/mol. The third kappa shape index (κ3) is 3.99. The van der Waals surface area contributed by atoms with Gasteiger partial charge in [0, 0.05) is 13.6 Å². The van der Waals surface area contributed by atoms with Gasteiger partial charge in [-0.2, -0.15) is 0 Å². The quantitative estimate of drug-likeness (QED) is 0.890. The van der Waals surface area contributed by atoms with Gasteiger partial charge in [-0.15, -0.1) is 0 Å². The van der Waals surface area contributed by atoms with E-state index in [1.54, 1.807) is 20.9 Å². The van der Waals surface area contributed by atoms with Crippen LogP contribution in [0.3, 0.4) is 0 Å². The van der Waals surface area contributed by atoms with Gasteiger partial charge >= 0.3 is 0 Å². The maximum Gasteiger partial charge on any atom is 0.242 e. The minimum absolute atomic E-state index is 0.0981. The van der Waals surface area contributed by atoms with E-state index in [1.807, 2.05) is 6.92 Å². The van der Waals surface area contributed by atoms with Crippen LogP contribution in [-0.2, 0) is 11.3 Å². The second-order valence-electron chi connectivity index (χ2n) is 5.07. The summed E-state index contributed by atoms with van der Waals surface area (Å²) in [6.45, 7) is 6.42. The third-order valence-electron chi connectivity index (χ3n) is 2.90. The average Bonchev–Trinajstić information content (AvgIpc) is 2.32. The second-order valence-corrected chi connectivity index (χ2v) is 5.07. The van der Waals surface area contributed by atoms with E-state index in [9.17, 15) is 13.6 Å². The van der Waals surface area contributed by atoms with Crippen molar-refractivity contribution in [2.45, 2.75) is 32.9 Å². The zero-order valence-corrected chi connectivity index (χ0v) is 11.8. The molecule has 0 aliphatic rings. The van der Waals surface area contributed by atoms with Crippen LogP contribution >= 0.6 is 0 Å². The zero-order valence-electron chi connectivity index (χ0n) is 11.8. The molecule has 0 heterocycles. The Morgan fingerprint density at radius 1 is 1.32 bits per heavy atom. The summed E-state index contributed by atoms with van der Waals surface area (Å²) in [5, 5.41) is 3.08. The maximum absolute atomic E-state index is 13.1. The molecule has 1 N–H and O–H groups in total. The first-order valence-corrected chi connectivity index (χ1v) is 6.22. The van der Waals surface area contributed by atoms with Crippen molar-refractivity contribution >= 4 is 5.91 Å². The number of nitrogens with zero attached hydrogens (tertiary/aromatic N) is 1. The molecule has 5 heteroatoms. The first-order valence-electron chi connectivity index (χ1n) is 6.22. The molecule has 1 aromatic carbocycles. The Morgan fingerprint density at radius 2 is 1.95 bits per heavy atom. The lowest BCUT2D eigenvalue weighted by atomic mass is 10.0. The highest BCUT2D eigenvalue weighted by Crippen LogP contribution is 2.13. The van der Waals surface area contributed by atoms with Crippen molar-refractivity contribution in [2.75, 3.05) is 13.6 Å². The minimum Gasteiger partial charge on any atom is -0.340 e. The van der Waals surface area contributed by atoms with Gasteiger partial charge in [-0.05, 0) is 38.1 Å². The summed E-state index contributed by atoms with van der Waals surface area (Å²) >= 11 is 0. The molecule has 0 aliphatic carbocycles. The van der Waals surface area contributed by atoms with Gasteiger partial charge in [-0.3, -0.25) is 4.79 Å². The molecule has 0 spiro atoms. The second kappa shape index (κ2) is 6.10. The van der Waals surface area contributed by atoms with E-state index in [1.165, 1.54) is 11.0 Å². The lowest BCUT2D eigenvalue weighted by molar-refractivity contribution is -0.136. The van der Waals surface area contributed by atoms with E-state index in [2.05, 4.69) is 5.32 Å². The smallest absolute Gasteiger partial charge is 0.242 e. The molecule has 1 rings (SSSR count). The van der Waals surface area contributed by atoms with Crippen LogP contribution in [0.4, 0.5) is 8.78 Å². The number of benzene rings is 1. The van der Waals surface area contributed by atoms with Gasteiger partial charge in [0.05, 0.1) is 5.54 Å². The Balaban J connectivity index is 2.76. The van der Waals surface area contributed by atoms with E-state index >= 15 is 0 Å². The van der Waals surface area contributed by atoms with E-state index in [4.69, 9.17) is 0 Å². The summed E-state index contributed by atoms with van der Waals surface area (Å²) in [7, 11) is 1.64. The predicted molar refractivity (Wildman–Crippen MR) is 70.6 cm³/mol. The number of nitrogens with one attached hydrogen (secondary N) is 1. The summed E-state index contributed by atoms with van der Waals surface area (Å²) in [5.74, 6) is -1.88. The van der Waals surface area contributed by atoms with Crippen LogP contribution in [-0.4, -0.2) is 29.9 Å². The Morgan fingerprint density at radius 3 is 2.47 bits per heavy atom. The fourth-order valence-electron chi connectivity index (χ4n) is 1.98. The summed E-state index contributed by atoms with van der Waals surface area (Å²) in [5.41, 5.74) is -0.121. The van der Waals surface area contributed by atoms with Crippen LogP contribution in [0.5, 0.6) is 0 Å². The molecule has 1 amide bonds. The van der Waals surface area contributed by atoms with Crippen molar-refractivity contribution in [2.24, 2.45) is 0 Å². The van der Waals surface area contributed by atoms with Crippen LogP contribution in [0.2, 0.25) is 0 Å².